The Kier molecular flexibility index (Phi) is 5.97. The van der Waals surface area contributed by atoms with Crippen molar-refractivity contribution in [2.75, 3.05) is 10.6 Å². The van der Waals surface area contributed by atoms with Crippen LogP contribution in [0.25, 0.3) is 11.0 Å². The van der Waals surface area contributed by atoms with E-state index < -0.39 is 23.6 Å². The van der Waals surface area contributed by atoms with Gasteiger partial charge < -0.3 is 15.4 Å². The molecule has 11 heteroatoms. The van der Waals surface area contributed by atoms with Crippen molar-refractivity contribution in [1.82, 2.24) is 9.97 Å². The summed E-state index contributed by atoms with van der Waals surface area (Å²) >= 11 is 0. The number of ether oxygens (including phenoxy) is 1. The summed E-state index contributed by atoms with van der Waals surface area (Å²) in [5, 5.41) is 13.6. The average molecular weight is 467 g/mol. The van der Waals surface area contributed by atoms with Gasteiger partial charge in [-0.2, -0.15) is 18.4 Å². The summed E-state index contributed by atoms with van der Waals surface area (Å²) in [6.07, 6.45) is -3.23. The molecule has 0 unspecified atom stereocenters. The number of carbonyl (C=O) groups excluding carboxylic acids is 1. The van der Waals surface area contributed by atoms with Gasteiger partial charge in [0.15, 0.2) is 5.69 Å². The van der Waals surface area contributed by atoms with Gasteiger partial charge in [-0.1, -0.05) is 6.07 Å². The molecule has 0 spiro atoms. The first-order valence-corrected chi connectivity index (χ1v) is 9.60. The Labute approximate surface area is 189 Å². The van der Waals surface area contributed by atoms with Gasteiger partial charge in [0.1, 0.15) is 23.4 Å². The van der Waals surface area contributed by atoms with Gasteiger partial charge in [-0.3, -0.25) is 4.98 Å². The summed E-state index contributed by atoms with van der Waals surface area (Å²) in [5.74, 6) is -0.404. The van der Waals surface area contributed by atoms with Crippen LogP contribution in [0.2, 0.25) is 0 Å². The highest BCUT2D eigenvalue weighted by Crippen LogP contribution is 2.31. The molecule has 0 atom stereocenters. The van der Waals surface area contributed by atoms with Gasteiger partial charge in [0, 0.05) is 29.6 Å². The van der Waals surface area contributed by atoms with Gasteiger partial charge in [0.25, 0.3) is 0 Å². The van der Waals surface area contributed by atoms with E-state index in [0.29, 0.717) is 11.0 Å². The third-order valence-corrected chi connectivity index (χ3v) is 4.44. The Morgan fingerprint density at radius 1 is 0.941 bits per heavy atom. The van der Waals surface area contributed by atoms with Crippen LogP contribution in [0, 0.1) is 17.1 Å². The van der Waals surface area contributed by atoms with Crippen molar-refractivity contribution in [1.29, 1.82) is 5.26 Å². The summed E-state index contributed by atoms with van der Waals surface area (Å²) in [6, 6.07) is 13.2. The average Bonchev–Trinajstić information content (AvgIpc) is 2.77. The maximum Gasteiger partial charge on any atom is 0.416 e. The van der Waals surface area contributed by atoms with Gasteiger partial charge in [-0.15, -0.1) is 0 Å². The van der Waals surface area contributed by atoms with E-state index >= 15 is 0 Å². The molecule has 7 nitrogen and oxygen atoms in total. The first kappa shape index (κ1) is 22.5. The van der Waals surface area contributed by atoms with Crippen LogP contribution < -0.4 is 15.4 Å². The number of benzene rings is 3. The number of hydrogen-bond donors (Lipinski definition) is 2. The number of nitriles is 1. The number of alkyl halides is 3. The lowest BCUT2D eigenvalue weighted by atomic mass is 10.2. The van der Waals surface area contributed by atoms with Crippen LogP contribution in [0.5, 0.6) is 11.5 Å². The van der Waals surface area contributed by atoms with E-state index in [4.69, 9.17) is 10.00 Å². The Morgan fingerprint density at radius 3 is 2.50 bits per heavy atom. The Morgan fingerprint density at radius 2 is 1.74 bits per heavy atom. The Hall–Kier alpha value is -4.72. The summed E-state index contributed by atoms with van der Waals surface area (Å²) in [6.45, 7) is 0. The van der Waals surface area contributed by atoms with Crippen molar-refractivity contribution in [3.05, 3.63) is 83.9 Å². The first-order chi connectivity index (χ1) is 16.2. The standard InChI is InChI=1S/C23H13F4N5O2/c24-14-7-16(32-22(33)31-15-3-1-2-13(6-15)23(25,26)27)9-19(8-14)34-18-4-5-20-21(10-18)30-17(11-28)12-29-20/h1-10,12H,(H2,31,32,33). The zero-order valence-corrected chi connectivity index (χ0v) is 17.0. The lowest BCUT2D eigenvalue weighted by molar-refractivity contribution is -0.137. The number of nitrogens with zero attached hydrogens (tertiary/aromatic N) is 3. The third kappa shape index (κ3) is 5.36. The summed E-state index contributed by atoms with van der Waals surface area (Å²) in [7, 11) is 0. The lowest BCUT2D eigenvalue weighted by Gasteiger charge is -2.12. The van der Waals surface area contributed by atoms with Crippen LogP contribution >= 0.6 is 0 Å². The first-order valence-electron chi connectivity index (χ1n) is 9.60. The molecular formula is C23H13F4N5O2. The van der Waals surface area contributed by atoms with Crippen LogP contribution in [0.4, 0.5) is 33.7 Å². The second kappa shape index (κ2) is 9.03. The molecule has 3 aromatic carbocycles. The predicted molar refractivity (Wildman–Crippen MR) is 115 cm³/mol. The Bertz CT molecular complexity index is 1430. The highest BCUT2D eigenvalue weighted by Gasteiger charge is 2.30. The smallest absolute Gasteiger partial charge is 0.416 e. The molecule has 1 heterocycles. The van der Waals surface area contributed by atoms with Crippen LogP contribution in [0.1, 0.15) is 11.3 Å². The number of carbonyl (C=O) groups is 1. The SMILES string of the molecule is N#Cc1cnc2ccc(Oc3cc(F)cc(NC(=O)Nc4cccc(C(F)(F)F)c4)c3)cc2n1. The molecule has 0 aliphatic carbocycles. The predicted octanol–water partition coefficient (Wildman–Crippen LogP) is 6.10. The fourth-order valence-electron chi connectivity index (χ4n) is 3.01. The summed E-state index contributed by atoms with van der Waals surface area (Å²) < 4.78 is 58.3. The fraction of sp³-hybridized carbons (Fsp3) is 0.0435. The van der Waals surface area contributed by atoms with Crippen LogP contribution in [-0.4, -0.2) is 16.0 Å². The van der Waals surface area contributed by atoms with E-state index in [1.807, 2.05) is 6.07 Å². The molecule has 0 aliphatic rings. The van der Waals surface area contributed by atoms with Gasteiger partial charge in [-0.05, 0) is 36.4 Å². The van der Waals surface area contributed by atoms with Gasteiger partial charge >= 0.3 is 12.2 Å². The molecule has 0 saturated carbocycles. The molecule has 170 valence electrons. The number of aromatic nitrogens is 2. The summed E-state index contributed by atoms with van der Waals surface area (Å²) in [4.78, 5) is 20.4. The minimum absolute atomic E-state index is 0.00632. The molecule has 0 bridgehead atoms. The third-order valence-electron chi connectivity index (χ3n) is 4.44. The zero-order valence-electron chi connectivity index (χ0n) is 17.0. The van der Waals surface area contributed by atoms with Gasteiger partial charge in [0.05, 0.1) is 22.8 Å². The molecule has 0 saturated heterocycles. The van der Waals surface area contributed by atoms with Crippen LogP contribution in [0.15, 0.2) is 66.9 Å². The van der Waals surface area contributed by atoms with E-state index in [2.05, 4.69) is 20.6 Å². The highest BCUT2D eigenvalue weighted by molar-refractivity contribution is 5.99. The van der Waals surface area contributed by atoms with E-state index in [0.717, 1.165) is 30.3 Å². The molecule has 4 aromatic rings. The van der Waals surface area contributed by atoms with E-state index in [1.54, 1.807) is 12.1 Å². The van der Waals surface area contributed by atoms with Crippen molar-refractivity contribution in [2.45, 2.75) is 6.18 Å². The van der Waals surface area contributed by atoms with E-state index in [1.165, 1.54) is 24.4 Å². The topological polar surface area (TPSA) is 99.9 Å². The van der Waals surface area contributed by atoms with E-state index in [-0.39, 0.29) is 28.6 Å². The maximum absolute atomic E-state index is 14.1. The number of nitrogens with one attached hydrogen (secondary N) is 2. The number of amides is 2. The second-order valence-corrected chi connectivity index (χ2v) is 6.95. The monoisotopic (exact) mass is 467 g/mol. The van der Waals surface area contributed by atoms with Crippen molar-refractivity contribution < 1.29 is 27.1 Å². The number of urea groups is 1. The number of anilines is 2. The number of fused-ring (bicyclic) bond motifs is 1. The molecule has 0 fully saturated rings. The number of hydrogen-bond acceptors (Lipinski definition) is 5. The molecule has 1 aromatic heterocycles. The lowest BCUT2D eigenvalue weighted by Crippen LogP contribution is -2.20. The molecular weight excluding hydrogens is 454 g/mol. The molecule has 0 aliphatic heterocycles. The molecule has 2 N–H and O–H groups in total. The molecule has 2 amide bonds. The van der Waals surface area contributed by atoms with Crippen molar-refractivity contribution in [3.63, 3.8) is 0 Å². The number of rotatable bonds is 4. The summed E-state index contributed by atoms with van der Waals surface area (Å²) in [5.41, 5.74) is 0.0365. The van der Waals surface area contributed by atoms with E-state index in [9.17, 15) is 22.4 Å². The molecule has 4 rings (SSSR count). The fourth-order valence-corrected chi connectivity index (χ4v) is 3.01. The largest absolute Gasteiger partial charge is 0.457 e. The molecule has 0 radical (unpaired) electrons. The molecule has 34 heavy (non-hydrogen) atoms. The van der Waals surface area contributed by atoms with Crippen LogP contribution in [-0.2, 0) is 6.18 Å². The maximum atomic E-state index is 14.1. The Balaban J connectivity index is 1.50. The van der Waals surface area contributed by atoms with Crippen molar-refractivity contribution in [3.8, 4) is 17.6 Å². The van der Waals surface area contributed by atoms with Crippen molar-refractivity contribution in [2.24, 2.45) is 0 Å². The minimum atomic E-state index is -4.56. The normalized spacial score (nSPS) is 11.0. The quantitative estimate of drug-likeness (QED) is 0.354. The minimum Gasteiger partial charge on any atom is -0.457 e. The highest BCUT2D eigenvalue weighted by atomic mass is 19.4. The zero-order chi connectivity index (χ0) is 24.3. The number of halogens is 4. The van der Waals surface area contributed by atoms with Crippen LogP contribution in [0.3, 0.4) is 0 Å². The van der Waals surface area contributed by atoms with Gasteiger partial charge in [-0.25, -0.2) is 14.2 Å². The van der Waals surface area contributed by atoms with Crippen molar-refractivity contribution >= 4 is 28.4 Å². The second-order valence-electron chi connectivity index (χ2n) is 6.95. The van der Waals surface area contributed by atoms with Gasteiger partial charge in [0.2, 0.25) is 0 Å².